The van der Waals surface area contributed by atoms with Gasteiger partial charge in [0, 0.05) is 22.5 Å². The van der Waals surface area contributed by atoms with Crippen molar-refractivity contribution in [2.24, 2.45) is 5.92 Å². The molecule has 0 radical (unpaired) electrons. The molecule has 1 fully saturated rings. The Morgan fingerprint density at radius 3 is 2.40 bits per heavy atom. The fourth-order valence-electron chi connectivity index (χ4n) is 2.31. The van der Waals surface area contributed by atoms with E-state index in [9.17, 15) is 4.79 Å². The van der Waals surface area contributed by atoms with Gasteiger partial charge >= 0.3 is 0 Å². The molecule has 0 spiro atoms. The van der Waals surface area contributed by atoms with Gasteiger partial charge in [0.1, 0.15) is 0 Å². The van der Waals surface area contributed by atoms with Crippen LogP contribution in [0.4, 0.5) is 0 Å². The van der Waals surface area contributed by atoms with Gasteiger partial charge in [-0.05, 0) is 56.1 Å². The van der Waals surface area contributed by atoms with Crippen LogP contribution in [0.15, 0.2) is 18.2 Å². The lowest BCUT2D eigenvalue weighted by Gasteiger charge is -2.21. The normalized spacial score (nSPS) is 15.5. The largest absolute Gasteiger partial charge is 0.356 e. The van der Waals surface area contributed by atoms with E-state index in [-0.39, 0.29) is 24.2 Å². The van der Waals surface area contributed by atoms with E-state index in [1.807, 2.05) is 12.1 Å². The van der Waals surface area contributed by atoms with Crippen LogP contribution in [0.5, 0.6) is 0 Å². The van der Waals surface area contributed by atoms with E-state index in [4.69, 9.17) is 23.2 Å². The van der Waals surface area contributed by atoms with Gasteiger partial charge in [-0.1, -0.05) is 23.2 Å². The van der Waals surface area contributed by atoms with E-state index in [1.165, 1.54) is 0 Å². The third kappa shape index (κ3) is 5.49. The Hall–Kier alpha value is -0.480. The molecule has 20 heavy (non-hydrogen) atoms. The van der Waals surface area contributed by atoms with Crippen molar-refractivity contribution in [3.8, 4) is 0 Å². The molecule has 1 amide bonds. The van der Waals surface area contributed by atoms with Crippen molar-refractivity contribution in [1.29, 1.82) is 0 Å². The molecule has 1 aliphatic heterocycles. The molecule has 2 rings (SSSR count). The highest BCUT2D eigenvalue weighted by Crippen LogP contribution is 2.19. The third-order valence-electron chi connectivity index (χ3n) is 3.35. The SMILES string of the molecule is Cl.O=C(NCCc1cc(Cl)cc(Cl)c1)C1CCNCC1. The minimum absolute atomic E-state index is 0. The summed E-state index contributed by atoms with van der Waals surface area (Å²) < 4.78 is 0. The van der Waals surface area contributed by atoms with Crippen LogP contribution in [0.2, 0.25) is 10.0 Å². The van der Waals surface area contributed by atoms with E-state index in [0.717, 1.165) is 37.9 Å². The van der Waals surface area contributed by atoms with E-state index in [1.54, 1.807) is 6.07 Å². The Balaban J connectivity index is 0.00000200. The quantitative estimate of drug-likeness (QED) is 0.886. The van der Waals surface area contributed by atoms with Crippen LogP contribution in [0, 0.1) is 5.92 Å². The number of amides is 1. The van der Waals surface area contributed by atoms with Crippen molar-refractivity contribution in [3.63, 3.8) is 0 Å². The predicted octanol–water partition coefficient (Wildman–Crippen LogP) is 3.07. The first-order valence-electron chi connectivity index (χ1n) is 6.58. The fourth-order valence-corrected chi connectivity index (χ4v) is 2.89. The molecule has 1 heterocycles. The summed E-state index contributed by atoms with van der Waals surface area (Å²) in [4.78, 5) is 11.9. The molecule has 6 heteroatoms. The highest BCUT2D eigenvalue weighted by Gasteiger charge is 2.20. The average Bonchev–Trinajstić information content (AvgIpc) is 2.38. The maximum absolute atomic E-state index is 11.9. The summed E-state index contributed by atoms with van der Waals surface area (Å²) in [7, 11) is 0. The number of rotatable bonds is 4. The van der Waals surface area contributed by atoms with Gasteiger partial charge in [0.2, 0.25) is 5.91 Å². The monoisotopic (exact) mass is 336 g/mol. The number of nitrogens with one attached hydrogen (secondary N) is 2. The second-order valence-corrected chi connectivity index (χ2v) is 5.72. The maximum atomic E-state index is 11.9. The van der Waals surface area contributed by atoms with Crippen LogP contribution in [0.25, 0.3) is 0 Å². The zero-order chi connectivity index (χ0) is 13.7. The van der Waals surface area contributed by atoms with Crippen molar-refractivity contribution in [3.05, 3.63) is 33.8 Å². The zero-order valence-electron chi connectivity index (χ0n) is 11.1. The van der Waals surface area contributed by atoms with Gasteiger partial charge in [-0.25, -0.2) is 0 Å². The lowest BCUT2D eigenvalue weighted by Crippen LogP contribution is -2.38. The Labute approximate surface area is 135 Å². The lowest BCUT2D eigenvalue weighted by molar-refractivity contribution is -0.125. The van der Waals surface area contributed by atoms with E-state index in [0.29, 0.717) is 16.6 Å². The standard InChI is InChI=1S/C14H18Cl2N2O.ClH/c15-12-7-10(8-13(16)9-12)1-6-18-14(19)11-2-4-17-5-3-11;/h7-9,11,17H,1-6H2,(H,18,19);1H. The summed E-state index contributed by atoms with van der Waals surface area (Å²) in [6.07, 6.45) is 2.60. The summed E-state index contributed by atoms with van der Waals surface area (Å²) in [6, 6.07) is 5.47. The van der Waals surface area contributed by atoms with Crippen LogP contribution < -0.4 is 10.6 Å². The summed E-state index contributed by atoms with van der Waals surface area (Å²) in [6.45, 7) is 2.49. The second-order valence-electron chi connectivity index (χ2n) is 4.84. The second kappa shape index (κ2) is 8.73. The summed E-state index contributed by atoms with van der Waals surface area (Å²) in [5.41, 5.74) is 1.04. The van der Waals surface area contributed by atoms with Crippen LogP contribution in [-0.4, -0.2) is 25.5 Å². The smallest absolute Gasteiger partial charge is 0.223 e. The molecule has 1 aliphatic rings. The number of carbonyl (C=O) groups is 1. The Kier molecular flexibility index (Phi) is 7.67. The summed E-state index contributed by atoms with van der Waals surface area (Å²) >= 11 is 11.9. The number of halogens is 3. The first-order valence-corrected chi connectivity index (χ1v) is 7.34. The fraction of sp³-hybridized carbons (Fsp3) is 0.500. The first kappa shape index (κ1) is 17.6. The van der Waals surface area contributed by atoms with Gasteiger partial charge in [0.15, 0.2) is 0 Å². The molecule has 0 aliphatic carbocycles. The van der Waals surface area contributed by atoms with Crippen molar-refractivity contribution < 1.29 is 4.79 Å². The molecule has 112 valence electrons. The van der Waals surface area contributed by atoms with Crippen molar-refractivity contribution >= 4 is 41.5 Å². The van der Waals surface area contributed by atoms with Gasteiger partial charge in [0.05, 0.1) is 0 Å². The van der Waals surface area contributed by atoms with Crippen molar-refractivity contribution in [1.82, 2.24) is 10.6 Å². The number of hydrogen-bond acceptors (Lipinski definition) is 2. The molecule has 0 atom stereocenters. The topological polar surface area (TPSA) is 41.1 Å². The molecule has 1 saturated heterocycles. The zero-order valence-corrected chi connectivity index (χ0v) is 13.5. The molecule has 1 aromatic rings. The molecule has 0 aromatic heterocycles. The summed E-state index contributed by atoms with van der Waals surface area (Å²) in [5, 5.41) is 7.50. The van der Waals surface area contributed by atoms with E-state index < -0.39 is 0 Å². The highest BCUT2D eigenvalue weighted by molar-refractivity contribution is 6.34. The average molecular weight is 338 g/mol. The van der Waals surface area contributed by atoms with Crippen LogP contribution in [-0.2, 0) is 11.2 Å². The highest BCUT2D eigenvalue weighted by atomic mass is 35.5. The maximum Gasteiger partial charge on any atom is 0.223 e. The van der Waals surface area contributed by atoms with Gasteiger partial charge < -0.3 is 10.6 Å². The first-order chi connectivity index (χ1) is 9.15. The molecular formula is C14H19Cl3N2O. The molecule has 0 unspecified atom stereocenters. The Morgan fingerprint density at radius 2 is 1.80 bits per heavy atom. The van der Waals surface area contributed by atoms with Crippen LogP contribution in [0.3, 0.4) is 0 Å². The molecule has 1 aromatic carbocycles. The molecule has 0 bridgehead atoms. The number of hydrogen-bond donors (Lipinski definition) is 2. The molecular weight excluding hydrogens is 319 g/mol. The Bertz CT molecular complexity index is 428. The Morgan fingerprint density at radius 1 is 1.20 bits per heavy atom. The number of carbonyl (C=O) groups excluding carboxylic acids is 1. The number of piperidine rings is 1. The van der Waals surface area contributed by atoms with Crippen molar-refractivity contribution in [2.75, 3.05) is 19.6 Å². The van der Waals surface area contributed by atoms with Crippen LogP contribution in [0.1, 0.15) is 18.4 Å². The molecule has 3 nitrogen and oxygen atoms in total. The van der Waals surface area contributed by atoms with E-state index in [2.05, 4.69) is 10.6 Å². The predicted molar refractivity (Wildman–Crippen MR) is 86.0 cm³/mol. The van der Waals surface area contributed by atoms with Gasteiger partial charge in [-0.15, -0.1) is 12.4 Å². The van der Waals surface area contributed by atoms with Gasteiger partial charge in [-0.2, -0.15) is 0 Å². The minimum Gasteiger partial charge on any atom is -0.356 e. The van der Waals surface area contributed by atoms with E-state index >= 15 is 0 Å². The van der Waals surface area contributed by atoms with Gasteiger partial charge in [0.25, 0.3) is 0 Å². The summed E-state index contributed by atoms with van der Waals surface area (Å²) in [5.74, 6) is 0.318. The number of benzene rings is 1. The van der Waals surface area contributed by atoms with Crippen molar-refractivity contribution in [2.45, 2.75) is 19.3 Å². The van der Waals surface area contributed by atoms with Gasteiger partial charge in [-0.3, -0.25) is 4.79 Å². The van der Waals surface area contributed by atoms with Crippen LogP contribution >= 0.6 is 35.6 Å². The third-order valence-corrected chi connectivity index (χ3v) is 3.78. The molecule has 0 saturated carbocycles. The lowest BCUT2D eigenvalue weighted by atomic mass is 9.97. The minimum atomic E-state index is 0. The molecule has 2 N–H and O–H groups in total.